The monoisotopic (exact) mass is 366 g/mol. The lowest BCUT2D eigenvalue weighted by Crippen LogP contribution is -2.36. The number of benzene rings is 1. The van der Waals surface area contributed by atoms with E-state index < -0.39 is 11.5 Å². The fourth-order valence-corrected chi connectivity index (χ4v) is 2.85. The van der Waals surface area contributed by atoms with Crippen LogP contribution in [0.2, 0.25) is 0 Å². The summed E-state index contributed by atoms with van der Waals surface area (Å²) in [4.78, 5) is 33.9. The van der Waals surface area contributed by atoms with Gasteiger partial charge < -0.3 is 10.1 Å². The van der Waals surface area contributed by atoms with E-state index in [9.17, 15) is 9.59 Å². The lowest BCUT2D eigenvalue weighted by atomic mass is 10.1. The van der Waals surface area contributed by atoms with E-state index in [4.69, 9.17) is 4.74 Å². The predicted octanol–water partition coefficient (Wildman–Crippen LogP) is 1.80. The molecule has 2 heterocycles. The Kier molecular flexibility index (Phi) is 6.27. The number of fused-ring (bicyclic) bond motifs is 1. The topological polar surface area (TPSA) is 86.1 Å². The van der Waals surface area contributed by atoms with Gasteiger partial charge in [-0.25, -0.2) is 9.97 Å². The lowest BCUT2D eigenvalue weighted by molar-refractivity contribution is 0.0947. The molecule has 1 amide bonds. The van der Waals surface area contributed by atoms with Crippen molar-refractivity contribution in [1.29, 1.82) is 0 Å². The van der Waals surface area contributed by atoms with E-state index in [2.05, 4.69) is 15.3 Å². The Bertz CT molecular complexity index is 970. The van der Waals surface area contributed by atoms with E-state index in [1.165, 1.54) is 4.57 Å². The number of nitrogens with zero attached hydrogens (tertiary/aromatic N) is 3. The Morgan fingerprint density at radius 1 is 1.19 bits per heavy atom. The number of carbonyl (C=O) groups is 1. The van der Waals surface area contributed by atoms with Crippen LogP contribution in [0, 0.1) is 0 Å². The highest BCUT2D eigenvalue weighted by Crippen LogP contribution is 2.08. The second kappa shape index (κ2) is 9.05. The number of aryl methyl sites for hydroxylation is 1. The van der Waals surface area contributed by atoms with Gasteiger partial charge in [-0.15, -0.1) is 0 Å². The maximum absolute atomic E-state index is 12.8. The predicted molar refractivity (Wildman–Crippen MR) is 103 cm³/mol. The molecule has 0 atom stereocenters. The van der Waals surface area contributed by atoms with Crippen LogP contribution < -0.4 is 10.9 Å². The van der Waals surface area contributed by atoms with E-state index in [-0.39, 0.29) is 5.69 Å². The molecule has 7 heteroatoms. The number of hydrogen-bond acceptors (Lipinski definition) is 5. The first-order valence-corrected chi connectivity index (χ1v) is 8.87. The molecule has 0 saturated heterocycles. The number of amides is 1. The molecule has 0 aliphatic heterocycles. The maximum Gasteiger partial charge on any atom is 0.283 e. The van der Waals surface area contributed by atoms with Crippen molar-refractivity contribution in [2.45, 2.75) is 19.4 Å². The summed E-state index contributed by atoms with van der Waals surface area (Å²) >= 11 is 0. The van der Waals surface area contributed by atoms with Crippen LogP contribution in [0.15, 0.2) is 53.5 Å². The minimum atomic E-state index is -0.470. The molecule has 7 nitrogen and oxygen atoms in total. The molecule has 0 radical (unpaired) electrons. The van der Waals surface area contributed by atoms with Crippen molar-refractivity contribution >= 4 is 17.1 Å². The number of nitrogens with one attached hydrogen (secondary N) is 1. The summed E-state index contributed by atoms with van der Waals surface area (Å²) in [6.07, 6.45) is 2.93. The van der Waals surface area contributed by atoms with Gasteiger partial charge in [-0.1, -0.05) is 30.3 Å². The van der Waals surface area contributed by atoms with E-state index in [0.29, 0.717) is 43.7 Å². The van der Waals surface area contributed by atoms with E-state index in [0.717, 1.165) is 5.56 Å². The average Bonchev–Trinajstić information content (AvgIpc) is 2.70. The van der Waals surface area contributed by atoms with E-state index >= 15 is 0 Å². The van der Waals surface area contributed by atoms with E-state index in [1.807, 2.05) is 30.3 Å². The summed E-state index contributed by atoms with van der Waals surface area (Å²) < 4.78 is 6.55. The first kappa shape index (κ1) is 18.7. The fourth-order valence-electron chi connectivity index (χ4n) is 2.85. The summed E-state index contributed by atoms with van der Waals surface area (Å²) in [6.45, 7) is 1.35. The van der Waals surface area contributed by atoms with Crippen LogP contribution in [-0.4, -0.2) is 40.7 Å². The van der Waals surface area contributed by atoms with Crippen LogP contribution in [0.1, 0.15) is 22.5 Å². The first-order chi connectivity index (χ1) is 13.2. The van der Waals surface area contributed by atoms with Crippen LogP contribution in [0.4, 0.5) is 0 Å². The fraction of sp³-hybridized carbons (Fsp3) is 0.300. The van der Waals surface area contributed by atoms with Crippen molar-refractivity contribution < 1.29 is 9.53 Å². The number of rotatable bonds is 8. The summed E-state index contributed by atoms with van der Waals surface area (Å²) in [5, 5.41) is 2.79. The third-order valence-electron chi connectivity index (χ3n) is 4.19. The smallest absolute Gasteiger partial charge is 0.283 e. The van der Waals surface area contributed by atoms with Gasteiger partial charge in [0.25, 0.3) is 11.5 Å². The van der Waals surface area contributed by atoms with Gasteiger partial charge in [-0.3, -0.25) is 14.2 Å². The molecule has 0 fully saturated rings. The molecule has 3 aromatic rings. The number of ether oxygens (including phenoxy) is 1. The van der Waals surface area contributed by atoms with Gasteiger partial charge in [-0.2, -0.15) is 0 Å². The molecular formula is C20H22N4O3. The number of hydrogen-bond donors (Lipinski definition) is 1. The molecule has 2 aromatic heterocycles. The number of pyridine rings is 1. The highest BCUT2D eigenvalue weighted by Gasteiger charge is 2.17. The quantitative estimate of drug-likeness (QED) is 0.615. The minimum Gasteiger partial charge on any atom is -0.385 e. The normalized spacial score (nSPS) is 10.9. The van der Waals surface area contributed by atoms with Gasteiger partial charge in [0.1, 0.15) is 5.52 Å². The molecule has 0 aliphatic carbocycles. The zero-order chi connectivity index (χ0) is 19.1. The Morgan fingerprint density at radius 3 is 2.78 bits per heavy atom. The van der Waals surface area contributed by atoms with Gasteiger partial charge in [0.2, 0.25) is 0 Å². The molecule has 0 spiro atoms. The molecule has 0 aliphatic rings. The standard InChI is InChI=1S/C20H22N4O3/c1-27-14-6-13-24-18-16(9-5-11-21-18)23-17(20(24)26)19(25)22-12-10-15-7-3-2-4-8-15/h2-5,7-9,11H,6,10,12-14H2,1H3,(H,22,25). The van der Waals surface area contributed by atoms with Gasteiger partial charge in [0.15, 0.2) is 11.3 Å². The van der Waals surface area contributed by atoms with Crippen LogP contribution in [0.25, 0.3) is 11.2 Å². The number of carbonyl (C=O) groups excluding carboxylic acids is 1. The van der Waals surface area contributed by atoms with Gasteiger partial charge in [0, 0.05) is 33.0 Å². The largest absolute Gasteiger partial charge is 0.385 e. The Hall–Kier alpha value is -3.06. The highest BCUT2D eigenvalue weighted by molar-refractivity contribution is 5.93. The molecule has 27 heavy (non-hydrogen) atoms. The second-order valence-electron chi connectivity index (χ2n) is 6.10. The number of aromatic nitrogens is 3. The zero-order valence-corrected chi connectivity index (χ0v) is 15.2. The maximum atomic E-state index is 12.8. The Morgan fingerprint density at radius 2 is 2.00 bits per heavy atom. The number of methoxy groups -OCH3 is 1. The minimum absolute atomic E-state index is 0.110. The van der Waals surface area contributed by atoms with Crippen LogP contribution in [-0.2, 0) is 17.7 Å². The van der Waals surface area contributed by atoms with Gasteiger partial charge >= 0.3 is 0 Å². The second-order valence-corrected chi connectivity index (χ2v) is 6.10. The van der Waals surface area contributed by atoms with Crippen molar-refractivity contribution in [2.75, 3.05) is 20.3 Å². The molecule has 3 rings (SSSR count). The van der Waals surface area contributed by atoms with Crippen molar-refractivity contribution in [3.05, 3.63) is 70.3 Å². The van der Waals surface area contributed by atoms with Gasteiger partial charge in [0.05, 0.1) is 0 Å². The van der Waals surface area contributed by atoms with E-state index in [1.54, 1.807) is 25.4 Å². The van der Waals surface area contributed by atoms with Crippen molar-refractivity contribution in [3.8, 4) is 0 Å². The van der Waals surface area contributed by atoms with Crippen LogP contribution in [0.5, 0.6) is 0 Å². The molecular weight excluding hydrogens is 344 g/mol. The average molecular weight is 366 g/mol. The summed E-state index contributed by atoms with van der Waals surface area (Å²) in [5.74, 6) is -0.470. The van der Waals surface area contributed by atoms with Crippen molar-refractivity contribution in [1.82, 2.24) is 19.9 Å². The SMILES string of the molecule is COCCCn1c(=O)c(C(=O)NCCc2ccccc2)nc2cccnc21. The molecule has 140 valence electrons. The lowest BCUT2D eigenvalue weighted by Gasteiger charge is -2.11. The Labute approximate surface area is 157 Å². The Balaban J connectivity index is 1.81. The molecule has 1 aromatic carbocycles. The molecule has 0 saturated carbocycles. The molecule has 1 N–H and O–H groups in total. The first-order valence-electron chi connectivity index (χ1n) is 8.87. The molecule has 0 bridgehead atoms. The van der Waals surface area contributed by atoms with Gasteiger partial charge in [-0.05, 0) is 30.5 Å². The summed E-state index contributed by atoms with van der Waals surface area (Å²) in [7, 11) is 1.61. The van der Waals surface area contributed by atoms with Crippen molar-refractivity contribution in [2.24, 2.45) is 0 Å². The zero-order valence-electron chi connectivity index (χ0n) is 15.2. The van der Waals surface area contributed by atoms with Crippen LogP contribution >= 0.6 is 0 Å². The van der Waals surface area contributed by atoms with Crippen molar-refractivity contribution in [3.63, 3.8) is 0 Å². The summed E-state index contributed by atoms with van der Waals surface area (Å²) in [5.41, 5.74) is 1.56. The van der Waals surface area contributed by atoms with Crippen LogP contribution in [0.3, 0.4) is 0 Å². The third kappa shape index (κ3) is 4.57. The summed E-state index contributed by atoms with van der Waals surface area (Å²) in [6, 6.07) is 13.3. The molecule has 0 unspecified atom stereocenters. The highest BCUT2D eigenvalue weighted by atomic mass is 16.5. The third-order valence-corrected chi connectivity index (χ3v) is 4.19.